The largest absolute Gasteiger partial charge is 0.338 e. The van der Waals surface area contributed by atoms with E-state index in [0.717, 1.165) is 5.56 Å². The van der Waals surface area contributed by atoms with Gasteiger partial charge in [-0.05, 0) is 17.4 Å². The molecule has 130 valence electrons. The minimum Gasteiger partial charge on any atom is -0.338 e. The number of fused-ring (bicyclic) bond motifs is 1. The average molecular weight is 364 g/mol. The Morgan fingerprint density at radius 2 is 2.19 bits per heavy atom. The highest BCUT2D eigenvalue weighted by atomic mass is 32.1. The van der Waals surface area contributed by atoms with Crippen LogP contribution in [-0.2, 0) is 6.54 Å². The summed E-state index contributed by atoms with van der Waals surface area (Å²) in [5.74, 6) is -0.00599. The maximum absolute atomic E-state index is 12.9. The summed E-state index contributed by atoms with van der Waals surface area (Å²) in [6, 6.07) is 6.14. The van der Waals surface area contributed by atoms with Crippen LogP contribution in [0.4, 0.5) is 0 Å². The average Bonchev–Trinajstić information content (AvgIpc) is 3.34. The van der Waals surface area contributed by atoms with Gasteiger partial charge in [0.1, 0.15) is 11.6 Å². The van der Waals surface area contributed by atoms with E-state index < -0.39 is 0 Å². The molecule has 0 aliphatic heterocycles. The second-order valence-corrected chi connectivity index (χ2v) is 7.34. The Bertz CT molecular complexity index is 1170. The van der Waals surface area contributed by atoms with Crippen molar-refractivity contribution in [1.82, 2.24) is 24.4 Å². The van der Waals surface area contributed by atoms with Gasteiger partial charge in [-0.2, -0.15) is 20.0 Å². The lowest BCUT2D eigenvalue weighted by Gasteiger charge is -2.11. The van der Waals surface area contributed by atoms with Gasteiger partial charge in [0.15, 0.2) is 5.65 Å². The van der Waals surface area contributed by atoms with Crippen molar-refractivity contribution in [3.8, 4) is 17.3 Å². The second-order valence-electron chi connectivity index (χ2n) is 6.31. The van der Waals surface area contributed by atoms with Crippen molar-refractivity contribution in [3.05, 3.63) is 62.5 Å². The van der Waals surface area contributed by atoms with Crippen LogP contribution in [0.15, 0.2) is 40.9 Å². The number of hydrogen-bond acceptors (Lipinski definition) is 5. The Hall–Kier alpha value is -3.18. The fourth-order valence-corrected chi connectivity index (χ4v) is 3.71. The van der Waals surface area contributed by atoms with Gasteiger partial charge in [0.25, 0.3) is 5.56 Å². The van der Waals surface area contributed by atoms with E-state index in [4.69, 9.17) is 0 Å². The third-order valence-corrected chi connectivity index (χ3v) is 5.08. The van der Waals surface area contributed by atoms with Crippen molar-refractivity contribution in [2.45, 2.75) is 26.3 Å². The lowest BCUT2D eigenvalue weighted by molar-refractivity contribution is 0.695. The van der Waals surface area contributed by atoms with E-state index in [-0.39, 0.29) is 11.5 Å². The van der Waals surface area contributed by atoms with E-state index in [1.807, 2.05) is 36.2 Å². The summed E-state index contributed by atoms with van der Waals surface area (Å²) in [4.78, 5) is 17.3. The number of H-pyrrole nitrogens is 1. The highest BCUT2D eigenvalue weighted by Crippen LogP contribution is 2.26. The quantitative estimate of drug-likeness (QED) is 0.602. The number of nitriles is 1. The van der Waals surface area contributed by atoms with Crippen LogP contribution >= 0.6 is 11.3 Å². The molecule has 0 aliphatic rings. The molecular weight excluding hydrogens is 348 g/mol. The van der Waals surface area contributed by atoms with E-state index in [9.17, 15) is 10.1 Å². The van der Waals surface area contributed by atoms with Gasteiger partial charge in [0.2, 0.25) is 0 Å². The number of rotatable bonds is 4. The summed E-state index contributed by atoms with van der Waals surface area (Å²) in [6.45, 7) is 4.60. The number of nitrogens with zero attached hydrogens (tertiary/aromatic N) is 5. The monoisotopic (exact) mass is 364 g/mol. The third kappa shape index (κ3) is 2.62. The molecule has 8 heteroatoms. The molecule has 4 heterocycles. The molecule has 4 aromatic rings. The van der Waals surface area contributed by atoms with Gasteiger partial charge in [-0.25, -0.2) is 0 Å². The van der Waals surface area contributed by atoms with Crippen LogP contribution in [0.3, 0.4) is 0 Å². The van der Waals surface area contributed by atoms with E-state index >= 15 is 0 Å². The Balaban J connectivity index is 1.87. The Morgan fingerprint density at radius 1 is 1.35 bits per heavy atom. The van der Waals surface area contributed by atoms with E-state index in [0.29, 0.717) is 29.0 Å². The molecular formula is C18H16N6OS. The molecule has 26 heavy (non-hydrogen) atoms. The molecule has 0 saturated carbocycles. The molecule has 0 amide bonds. The summed E-state index contributed by atoms with van der Waals surface area (Å²) in [6.07, 6.45) is 5.06. The molecule has 4 rings (SSSR count). The lowest BCUT2D eigenvalue weighted by atomic mass is 10.00. The van der Waals surface area contributed by atoms with Gasteiger partial charge in [-0.15, -0.1) is 11.3 Å². The lowest BCUT2D eigenvalue weighted by Crippen LogP contribution is -2.22. The molecule has 0 aliphatic carbocycles. The smallest absolute Gasteiger partial charge is 0.278 e. The van der Waals surface area contributed by atoms with Crippen LogP contribution in [0.25, 0.3) is 16.9 Å². The molecule has 0 atom stereocenters. The normalized spacial score (nSPS) is 11.3. The molecule has 4 aromatic heterocycles. The molecule has 0 saturated heterocycles. The number of hydrogen-bond donors (Lipinski definition) is 1. The van der Waals surface area contributed by atoms with E-state index in [2.05, 4.69) is 27.3 Å². The van der Waals surface area contributed by atoms with Crippen molar-refractivity contribution in [1.29, 1.82) is 5.26 Å². The SMILES string of the molecule is CC(C)c1c(-c2cnn(Cc3cccs3)c2)[nH]c2c(C#N)cnn2c1=O. The van der Waals surface area contributed by atoms with Gasteiger partial charge in [-0.3, -0.25) is 9.48 Å². The number of thiophene rings is 1. The van der Waals surface area contributed by atoms with Crippen LogP contribution in [0.1, 0.15) is 35.8 Å². The van der Waals surface area contributed by atoms with Crippen LogP contribution in [0.5, 0.6) is 0 Å². The number of nitrogens with one attached hydrogen (secondary N) is 1. The van der Waals surface area contributed by atoms with Gasteiger partial charge in [0, 0.05) is 22.2 Å². The minimum atomic E-state index is -0.212. The van der Waals surface area contributed by atoms with E-state index in [1.165, 1.54) is 15.6 Å². The minimum absolute atomic E-state index is 0.00599. The molecule has 7 nitrogen and oxygen atoms in total. The summed E-state index contributed by atoms with van der Waals surface area (Å²) in [7, 11) is 0. The van der Waals surface area contributed by atoms with Crippen molar-refractivity contribution < 1.29 is 0 Å². The first kappa shape index (κ1) is 16.3. The third-order valence-electron chi connectivity index (χ3n) is 4.22. The predicted molar refractivity (Wildman–Crippen MR) is 99.3 cm³/mol. The molecule has 0 radical (unpaired) electrons. The summed E-state index contributed by atoms with van der Waals surface area (Å²) in [5.41, 5.74) is 2.66. The van der Waals surface area contributed by atoms with Crippen LogP contribution in [0.2, 0.25) is 0 Å². The highest BCUT2D eigenvalue weighted by molar-refractivity contribution is 7.09. The zero-order valence-electron chi connectivity index (χ0n) is 14.3. The fourth-order valence-electron chi connectivity index (χ4n) is 3.02. The molecule has 0 fully saturated rings. The van der Waals surface area contributed by atoms with Crippen molar-refractivity contribution in [2.24, 2.45) is 0 Å². The van der Waals surface area contributed by atoms with Crippen molar-refractivity contribution in [2.75, 3.05) is 0 Å². The van der Waals surface area contributed by atoms with Crippen LogP contribution in [-0.4, -0.2) is 24.4 Å². The Labute approximate surface area is 153 Å². The maximum Gasteiger partial charge on any atom is 0.278 e. The summed E-state index contributed by atoms with van der Waals surface area (Å²) < 4.78 is 3.10. The van der Waals surface area contributed by atoms with Crippen LogP contribution in [0, 0.1) is 11.3 Å². The predicted octanol–water partition coefficient (Wildman–Crippen LogP) is 2.99. The zero-order valence-corrected chi connectivity index (χ0v) is 15.1. The van der Waals surface area contributed by atoms with Crippen LogP contribution < -0.4 is 5.56 Å². The first-order chi connectivity index (χ1) is 12.6. The fraction of sp³-hybridized carbons (Fsp3) is 0.222. The molecule has 0 unspecified atom stereocenters. The van der Waals surface area contributed by atoms with Crippen molar-refractivity contribution >= 4 is 17.0 Å². The maximum atomic E-state index is 12.9. The molecule has 1 N–H and O–H groups in total. The van der Waals surface area contributed by atoms with Gasteiger partial charge in [0.05, 0.1) is 24.6 Å². The summed E-state index contributed by atoms with van der Waals surface area (Å²) in [5, 5.41) is 19.8. The Morgan fingerprint density at radius 3 is 2.88 bits per heavy atom. The topological polar surface area (TPSA) is 91.8 Å². The number of aromatic amines is 1. The highest BCUT2D eigenvalue weighted by Gasteiger charge is 2.20. The molecule has 0 aromatic carbocycles. The van der Waals surface area contributed by atoms with Gasteiger partial charge in [-0.1, -0.05) is 19.9 Å². The van der Waals surface area contributed by atoms with Crippen molar-refractivity contribution in [3.63, 3.8) is 0 Å². The van der Waals surface area contributed by atoms with Gasteiger partial charge >= 0.3 is 0 Å². The standard InChI is InChI=1S/C18H16N6OS/c1-11(2)15-16(22-17-12(6-19)7-21-24(17)18(15)25)13-8-20-23(9-13)10-14-4-3-5-26-14/h3-5,7-9,11,22H,10H2,1-2H3. The second kappa shape index (κ2) is 6.28. The van der Waals surface area contributed by atoms with Gasteiger partial charge < -0.3 is 4.98 Å². The molecule has 0 bridgehead atoms. The number of aromatic nitrogens is 5. The van der Waals surface area contributed by atoms with E-state index in [1.54, 1.807) is 17.5 Å². The summed E-state index contributed by atoms with van der Waals surface area (Å²) >= 11 is 1.67. The first-order valence-corrected chi connectivity index (χ1v) is 9.05. The Kier molecular flexibility index (Phi) is 3.93. The first-order valence-electron chi connectivity index (χ1n) is 8.17. The molecule has 0 spiro atoms. The zero-order chi connectivity index (χ0) is 18.3.